The first kappa shape index (κ1) is 12.3. The highest BCUT2D eigenvalue weighted by molar-refractivity contribution is 5.60. The van der Waals surface area contributed by atoms with Crippen LogP contribution in [0.25, 0.3) is 11.3 Å². The van der Waals surface area contributed by atoms with Crippen LogP contribution in [0.2, 0.25) is 0 Å². The zero-order valence-corrected chi connectivity index (χ0v) is 10.3. The van der Waals surface area contributed by atoms with Crippen molar-refractivity contribution in [3.8, 4) is 17.0 Å². The number of rotatable bonds is 5. The fourth-order valence-electron chi connectivity index (χ4n) is 1.55. The van der Waals surface area contributed by atoms with Crippen LogP contribution < -0.4 is 15.8 Å². The Morgan fingerprint density at radius 1 is 1.22 bits per heavy atom. The van der Waals surface area contributed by atoms with Crippen LogP contribution in [0.1, 0.15) is 0 Å². The van der Waals surface area contributed by atoms with Crippen molar-refractivity contribution in [3.05, 3.63) is 36.5 Å². The summed E-state index contributed by atoms with van der Waals surface area (Å²) in [6.07, 6.45) is 1.73. The van der Waals surface area contributed by atoms with Crippen molar-refractivity contribution in [1.82, 2.24) is 9.97 Å². The largest absolute Gasteiger partial charge is 0.497 e. The highest BCUT2D eigenvalue weighted by atomic mass is 16.5. The molecule has 0 aliphatic rings. The Kier molecular flexibility index (Phi) is 4.09. The smallest absolute Gasteiger partial charge is 0.223 e. The predicted octanol–water partition coefficient (Wildman–Crippen LogP) is 1.52. The second kappa shape index (κ2) is 5.97. The van der Waals surface area contributed by atoms with E-state index in [1.165, 1.54) is 0 Å². The molecule has 0 amide bonds. The third-order valence-electron chi connectivity index (χ3n) is 2.47. The number of nitrogens with zero attached hydrogens (tertiary/aromatic N) is 2. The van der Waals surface area contributed by atoms with Gasteiger partial charge in [0.2, 0.25) is 5.95 Å². The molecular formula is C13H16N4O. The molecule has 0 fully saturated rings. The van der Waals surface area contributed by atoms with Crippen LogP contribution in [-0.4, -0.2) is 30.2 Å². The summed E-state index contributed by atoms with van der Waals surface area (Å²) < 4.78 is 5.12. The zero-order valence-electron chi connectivity index (χ0n) is 10.3. The van der Waals surface area contributed by atoms with Crippen molar-refractivity contribution in [2.75, 3.05) is 25.5 Å². The van der Waals surface area contributed by atoms with Crippen molar-refractivity contribution in [2.45, 2.75) is 0 Å². The van der Waals surface area contributed by atoms with Gasteiger partial charge in [-0.25, -0.2) is 9.97 Å². The molecule has 1 aromatic carbocycles. The molecule has 18 heavy (non-hydrogen) atoms. The third-order valence-corrected chi connectivity index (χ3v) is 2.47. The van der Waals surface area contributed by atoms with Crippen molar-refractivity contribution >= 4 is 5.95 Å². The molecule has 0 saturated heterocycles. The lowest BCUT2D eigenvalue weighted by Crippen LogP contribution is -2.14. The topological polar surface area (TPSA) is 73.1 Å². The molecule has 5 heteroatoms. The zero-order chi connectivity index (χ0) is 12.8. The highest BCUT2D eigenvalue weighted by Gasteiger charge is 2.02. The molecule has 2 aromatic rings. The minimum atomic E-state index is 0.552. The molecule has 0 saturated carbocycles. The lowest BCUT2D eigenvalue weighted by molar-refractivity contribution is 0.415. The SMILES string of the molecule is COc1ccc(-c2ccnc(NCCN)n2)cc1. The molecule has 3 N–H and O–H groups in total. The van der Waals surface area contributed by atoms with Crippen LogP contribution in [-0.2, 0) is 0 Å². The molecule has 1 aromatic heterocycles. The molecule has 0 spiro atoms. The van der Waals surface area contributed by atoms with Gasteiger partial charge in [0, 0.05) is 24.8 Å². The Hall–Kier alpha value is -2.14. The van der Waals surface area contributed by atoms with E-state index in [2.05, 4.69) is 15.3 Å². The molecule has 0 bridgehead atoms. The van der Waals surface area contributed by atoms with Gasteiger partial charge >= 0.3 is 0 Å². The van der Waals surface area contributed by atoms with Crippen LogP contribution in [0, 0.1) is 0 Å². The summed E-state index contributed by atoms with van der Waals surface area (Å²) in [5.41, 5.74) is 7.32. The molecule has 94 valence electrons. The van der Waals surface area contributed by atoms with Gasteiger partial charge in [-0.1, -0.05) is 0 Å². The van der Waals surface area contributed by atoms with Gasteiger partial charge in [0.15, 0.2) is 0 Å². The van der Waals surface area contributed by atoms with E-state index in [1.807, 2.05) is 30.3 Å². The number of nitrogens with one attached hydrogen (secondary N) is 1. The number of benzene rings is 1. The van der Waals surface area contributed by atoms with Gasteiger partial charge in [-0.15, -0.1) is 0 Å². The van der Waals surface area contributed by atoms with Gasteiger partial charge in [-0.05, 0) is 30.3 Å². The molecule has 0 aliphatic carbocycles. The summed E-state index contributed by atoms with van der Waals surface area (Å²) in [7, 11) is 1.65. The summed E-state index contributed by atoms with van der Waals surface area (Å²) in [6.45, 7) is 1.21. The minimum absolute atomic E-state index is 0.552. The third kappa shape index (κ3) is 2.95. The Morgan fingerprint density at radius 3 is 2.67 bits per heavy atom. The van der Waals surface area contributed by atoms with E-state index in [0.29, 0.717) is 19.0 Å². The highest BCUT2D eigenvalue weighted by Crippen LogP contribution is 2.20. The van der Waals surface area contributed by atoms with Crippen molar-refractivity contribution in [2.24, 2.45) is 5.73 Å². The normalized spacial score (nSPS) is 10.1. The van der Waals surface area contributed by atoms with Gasteiger partial charge < -0.3 is 15.8 Å². The van der Waals surface area contributed by atoms with Crippen molar-refractivity contribution in [1.29, 1.82) is 0 Å². The minimum Gasteiger partial charge on any atom is -0.497 e. The van der Waals surface area contributed by atoms with Gasteiger partial charge in [0.1, 0.15) is 5.75 Å². The van der Waals surface area contributed by atoms with E-state index in [-0.39, 0.29) is 0 Å². The first-order chi connectivity index (χ1) is 8.83. The number of ether oxygens (including phenoxy) is 1. The van der Waals surface area contributed by atoms with Crippen LogP contribution in [0.15, 0.2) is 36.5 Å². The molecule has 0 unspecified atom stereocenters. The Labute approximate surface area is 106 Å². The first-order valence-corrected chi connectivity index (χ1v) is 5.75. The van der Waals surface area contributed by atoms with Gasteiger partial charge in [-0.3, -0.25) is 0 Å². The van der Waals surface area contributed by atoms with Crippen LogP contribution in [0.4, 0.5) is 5.95 Å². The predicted molar refractivity (Wildman–Crippen MR) is 71.6 cm³/mol. The average Bonchev–Trinajstić information content (AvgIpc) is 2.45. The van der Waals surface area contributed by atoms with Crippen molar-refractivity contribution < 1.29 is 4.74 Å². The maximum absolute atomic E-state index is 5.43. The second-order valence-electron chi connectivity index (χ2n) is 3.71. The Morgan fingerprint density at radius 2 is 2.00 bits per heavy atom. The quantitative estimate of drug-likeness (QED) is 0.834. The Bertz CT molecular complexity index is 499. The van der Waals surface area contributed by atoms with Crippen LogP contribution >= 0.6 is 0 Å². The maximum Gasteiger partial charge on any atom is 0.223 e. The van der Waals surface area contributed by atoms with Gasteiger partial charge in [-0.2, -0.15) is 0 Å². The van der Waals surface area contributed by atoms with E-state index in [4.69, 9.17) is 10.5 Å². The van der Waals surface area contributed by atoms with Crippen LogP contribution in [0.3, 0.4) is 0 Å². The maximum atomic E-state index is 5.43. The van der Waals surface area contributed by atoms with Gasteiger partial charge in [0.05, 0.1) is 12.8 Å². The van der Waals surface area contributed by atoms with Gasteiger partial charge in [0.25, 0.3) is 0 Å². The van der Waals surface area contributed by atoms with E-state index >= 15 is 0 Å². The molecule has 0 atom stereocenters. The summed E-state index contributed by atoms with van der Waals surface area (Å²) in [4.78, 5) is 8.55. The summed E-state index contributed by atoms with van der Waals surface area (Å²) in [5.74, 6) is 1.42. The second-order valence-corrected chi connectivity index (χ2v) is 3.71. The summed E-state index contributed by atoms with van der Waals surface area (Å²) in [6, 6.07) is 9.62. The number of methoxy groups -OCH3 is 1. The standard InChI is InChI=1S/C13H16N4O/c1-18-11-4-2-10(3-5-11)12-6-8-15-13(17-12)16-9-7-14/h2-6,8H,7,9,14H2,1H3,(H,15,16,17). The number of anilines is 1. The van der Waals surface area contributed by atoms with Crippen molar-refractivity contribution in [3.63, 3.8) is 0 Å². The van der Waals surface area contributed by atoms with E-state index in [9.17, 15) is 0 Å². The van der Waals surface area contributed by atoms with E-state index < -0.39 is 0 Å². The lowest BCUT2D eigenvalue weighted by atomic mass is 10.1. The van der Waals surface area contributed by atoms with E-state index in [0.717, 1.165) is 17.0 Å². The molecule has 1 heterocycles. The fourth-order valence-corrected chi connectivity index (χ4v) is 1.55. The first-order valence-electron chi connectivity index (χ1n) is 5.75. The molecule has 5 nitrogen and oxygen atoms in total. The van der Waals surface area contributed by atoms with Crippen LogP contribution in [0.5, 0.6) is 5.75 Å². The lowest BCUT2D eigenvalue weighted by Gasteiger charge is -2.06. The number of hydrogen-bond acceptors (Lipinski definition) is 5. The number of hydrogen-bond donors (Lipinski definition) is 2. The Balaban J connectivity index is 2.20. The monoisotopic (exact) mass is 244 g/mol. The number of nitrogens with two attached hydrogens (primary N) is 1. The summed E-state index contributed by atoms with van der Waals surface area (Å²) in [5, 5.41) is 3.06. The molecule has 2 rings (SSSR count). The fraction of sp³-hybridized carbons (Fsp3) is 0.231. The van der Waals surface area contributed by atoms with E-state index in [1.54, 1.807) is 13.3 Å². The molecule has 0 radical (unpaired) electrons. The summed E-state index contributed by atoms with van der Waals surface area (Å²) >= 11 is 0. The molecule has 0 aliphatic heterocycles. The average molecular weight is 244 g/mol. The molecular weight excluding hydrogens is 228 g/mol. The number of aromatic nitrogens is 2.